The molecule has 0 amide bonds. The molecule has 0 N–H and O–H groups in total. The lowest BCUT2D eigenvalue weighted by Crippen LogP contribution is -2.10. The summed E-state index contributed by atoms with van der Waals surface area (Å²) in [4.78, 5) is 2.32. The molecule has 0 radical (unpaired) electrons. The van der Waals surface area contributed by atoms with Gasteiger partial charge in [0.25, 0.3) is 0 Å². The van der Waals surface area contributed by atoms with Crippen LogP contribution in [-0.4, -0.2) is 9.13 Å². The van der Waals surface area contributed by atoms with Crippen LogP contribution in [0.5, 0.6) is 0 Å². The van der Waals surface area contributed by atoms with Gasteiger partial charge in [0.15, 0.2) is 0 Å². The first-order valence-corrected chi connectivity index (χ1v) is 18.6. The van der Waals surface area contributed by atoms with Crippen LogP contribution in [0.4, 0.5) is 17.1 Å². The molecule has 0 fully saturated rings. The molecule has 0 spiro atoms. The molecule has 0 aliphatic rings. The Morgan fingerprint density at radius 3 is 1.35 bits per heavy atom. The lowest BCUT2D eigenvalue weighted by atomic mass is 10.1. The third-order valence-electron chi connectivity index (χ3n) is 11.1. The van der Waals surface area contributed by atoms with Gasteiger partial charge in [-0.25, -0.2) is 0 Å². The third kappa shape index (κ3) is 4.41. The number of hydrogen-bond acceptors (Lipinski definition) is 3. The summed E-state index contributed by atoms with van der Waals surface area (Å²) in [5.41, 5.74) is 12.1. The Kier molecular flexibility index (Phi) is 6.27. The summed E-state index contributed by atoms with van der Waals surface area (Å²) < 4.78 is 17.7. The molecule has 0 unspecified atom stereocenters. The molecule has 4 heterocycles. The highest BCUT2D eigenvalue weighted by Gasteiger charge is 2.24. The number of furan rings is 2. The van der Waals surface area contributed by atoms with E-state index in [2.05, 4.69) is 178 Å². The average molecular weight is 706 g/mol. The van der Waals surface area contributed by atoms with Gasteiger partial charge in [-0.3, -0.25) is 9.13 Å². The lowest BCUT2D eigenvalue weighted by Gasteiger charge is -2.25. The van der Waals surface area contributed by atoms with Crippen LogP contribution in [0.25, 0.3) is 88.1 Å². The van der Waals surface area contributed by atoms with Crippen molar-refractivity contribution in [3.63, 3.8) is 0 Å². The predicted molar refractivity (Wildman–Crippen MR) is 227 cm³/mol. The zero-order valence-corrected chi connectivity index (χ0v) is 29.6. The molecule has 0 saturated heterocycles. The molecule has 12 aromatic rings. The van der Waals surface area contributed by atoms with Crippen molar-refractivity contribution < 1.29 is 8.83 Å². The Hall–Kier alpha value is -7.50. The summed E-state index contributed by atoms with van der Waals surface area (Å²) in [6.45, 7) is 0. The quantitative estimate of drug-likeness (QED) is 0.179. The van der Waals surface area contributed by atoms with Gasteiger partial charge >= 0.3 is 0 Å². The molecule has 5 nitrogen and oxygen atoms in total. The Balaban J connectivity index is 1.16. The standard InChI is InChI=1S/C50H31N3O2/c1-3-13-32(14-4-1)52-43-20-10-7-19-41(43)49-42-29-34(25-28-44(42)53(50(49)52)33-15-5-2-6-16-33)51(35-23-26-39-37-17-8-11-21-45(37)54-47(39)30-35)36-24-27-40-38-18-9-12-22-46(38)55-48(40)31-36/h1-31H. The number of benzene rings is 8. The van der Waals surface area contributed by atoms with Crippen LogP contribution in [0, 0.1) is 0 Å². The topological polar surface area (TPSA) is 39.4 Å². The van der Waals surface area contributed by atoms with Crippen LogP contribution in [0.3, 0.4) is 0 Å². The van der Waals surface area contributed by atoms with Gasteiger partial charge in [-0.15, -0.1) is 0 Å². The molecule has 0 saturated carbocycles. The first-order valence-electron chi connectivity index (χ1n) is 18.6. The van der Waals surface area contributed by atoms with Crippen molar-refractivity contribution in [1.29, 1.82) is 0 Å². The molecular weight excluding hydrogens is 675 g/mol. The van der Waals surface area contributed by atoms with Crippen LogP contribution < -0.4 is 4.90 Å². The number of para-hydroxylation sites is 5. The second kappa shape index (κ2) is 11.5. The van der Waals surface area contributed by atoms with Crippen molar-refractivity contribution in [3.8, 4) is 11.4 Å². The van der Waals surface area contributed by atoms with Gasteiger partial charge in [0.05, 0.1) is 11.0 Å². The smallest absolute Gasteiger partial charge is 0.137 e. The molecule has 5 heteroatoms. The van der Waals surface area contributed by atoms with E-state index in [0.717, 1.165) is 83.5 Å². The fraction of sp³-hybridized carbons (Fsp3) is 0. The van der Waals surface area contributed by atoms with E-state index in [0.29, 0.717) is 0 Å². The molecule has 0 aliphatic carbocycles. The average Bonchev–Trinajstić information content (AvgIpc) is 3.98. The number of anilines is 3. The Bertz CT molecular complexity index is 3330. The second-order valence-corrected chi connectivity index (χ2v) is 14.2. The zero-order valence-electron chi connectivity index (χ0n) is 29.6. The van der Waals surface area contributed by atoms with Gasteiger partial charge < -0.3 is 13.7 Å². The maximum atomic E-state index is 6.45. The Morgan fingerprint density at radius 2 is 0.764 bits per heavy atom. The van der Waals surface area contributed by atoms with E-state index in [1.54, 1.807) is 0 Å². The Morgan fingerprint density at radius 1 is 0.327 bits per heavy atom. The minimum absolute atomic E-state index is 0.846. The summed E-state index contributed by atoms with van der Waals surface area (Å²) in [6.07, 6.45) is 0. The molecule has 0 bridgehead atoms. The van der Waals surface area contributed by atoms with E-state index in [-0.39, 0.29) is 0 Å². The van der Waals surface area contributed by atoms with Crippen LogP contribution in [0.15, 0.2) is 197 Å². The van der Waals surface area contributed by atoms with Crippen molar-refractivity contribution in [2.45, 2.75) is 0 Å². The molecule has 4 aromatic heterocycles. The molecular formula is C50H31N3O2. The van der Waals surface area contributed by atoms with Gasteiger partial charge in [-0.1, -0.05) is 91.0 Å². The van der Waals surface area contributed by atoms with E-state index in [1.807, 2.05) is 24.3 Å². The van der Waals surface area contributed by atoms with Crippen molar-refractivity contribution in [3.05, 3.63) is 188 Å². The maximum Gasteiger partial charge on any atom is 0.137 e. The number of aromatic nitrogens is 2. The van der Waals surface area contributed by atoms with E-state index < -0.39 is 0 Å². The van der Waals surface area contributed by atoms with Gasteiger partial charge in [-0.05, 0) is 84.9 Å². The van der Waals surface area contributed by atoms with Crippen LogP contribution in [0.2, 0.25) is 0 Å². The third-order valence-corrected chi connectivity index (χ3v) is 11.1. The second-order valence-electron chi connectivity index (χ2n) is 14.2. The minimum atomic E-state index is 0.846. The van der Waals surface area contributed by atoms with Crippen molar-refractivity contribution >= 4 is 93.8 Å². The van der Waals surface area contributed by atoms with Crippen LogP contribution >= 0.6 is 0 Å². The predicted octanol–water partition coefficient (Wildman–Crippen LogP) is 14.0. The fourth-order valence-corrected chi connectivity index (χ4v) is 8.71. The molecule has 258 valence electrons. The van der Waals surface area contributed by atoms with E-state index >= 15 is 0 Å². The number of rotatable bonds is 5. The minimum Gasteiger partial charge on any atom is -0.456 e. The van der Waals surface area contributed by atoms with E-state index in [1.165, 1.54) is 21.7 Å². The van der Waals surface area contributed by atoms with E-state index in [4.69, 9.17) is 8.83 Å². The summed E-state index contributed by atoms with van der Waals surface area (Å²) >= 11 is 0. The van der Waals surface area contributed by atoms with Gasteiger partial charge in [0.1, 0.15) is 28.0 Å². The molecule has 0 aliphatic heterocycles. The largest absolute Gasteiger partial charge is 0.456 e. The van der Waals surface area contributed by atoms with Crippen LogP contribution in [-0.2, 0) is 0 Å². The van der Waals surface area contributed by atoms with Crippen molar-refractivity contribution in [1.82, 2.24) is 9.13 Å². The highest BCUT2D eigenvalue weighted by molar-refractivity contribution is 6.23. The molecule has 8 aromatic carbocycles. The monoisotopic (exact) mass is 705 g/mol. The molecule has 0 atom stereocenters. The first-order chi connectivity index (χ1) is 27.3. The van der Waals surface area contributed by atoms with Gasteiger partial charge in [0.2, 0.25) is 0 Å². The fourth-order valence-electron chi connectivity index (χ4n) is 8.71. The lowest BCUT2D eigenvalue weighted by molar-refractivity contribution is 0.669. The number of fused-ring (bicyclic) bond motifs is 11. The van der Waals surface area contributed by atoms with E-state index in [9.17, 15) is 0 Å². The SMILES string of the molecule is c1ccc(-n2c3ccccc3c3c4cc(N(c5ccc6c(c5)oc5ccccc56)c5ccc6c(c5)oc5ccccc56)ccc4n(-c4ccccc4)c32)cc1. The normalized spacial score (nSPS) is 12.0. The summed E-state index contributed by atoms with van der Waals surface area (Å²) in [5, 5.41) is 8.00. The number of hydrogen-bond donors (Lipinski definition) is 0. The molecule has 12 rings (SSSR count). The summed E-state index contributed by atoms with van der Waals surface area (Å²) in [7, 11) is 0. The summed E-state index contributed by atoms with van der Waals surface area (Å²) in [5.74, 6) is 0. The first kappa shape index (κ1) is 30.0. The summed E-state index contributed by atoms with van der Waals surface area (Å²) in [6, 6.07) is 66.5. The van der Waals surface area contributed by atoms with Crippen molar-refractivity contribution in [2.24, 2.45) is 0 Å². The highest BCUT2D eigenvalue weighted by atomic mass is 16.3. The van der Waals surface area contributed by atoms with Gasteiger partial charge in [-0.2, -0.15) is 0 Å². The van der Waals surface area contributed by atoms with Crippen molar-refractivity contribution in [2.75, 3.05) is 4.90 Å². The highest BCUT2D eigenvalue weighted by Crippen LogP contribution is 2.45. The molecule has 55 heavy (non-hydrogen) atoms. The maximum absolute atomic E-state index is 6.45. The Labute approximate surface area is 315 Å². The zero-order chi connectivity index (χ0) is 36.0. The van der Waals surface area contributed by atoms with Gasteiger partial charge in [0, 0.05) is 78.3 Å². The van der Waals surface area contributed by atoms with Crippen LogP contribution in [0.1, 0.15) is 0 Å². The number of nitrogens with zero attached hydrogens (tertiary/aromatic N) is 3.